The summed E-state index contributed by atoms with van der Waals surface area (Å²) in [5.74, 6) is -0.271. The smallest absolute Gasteiger partial charge is 0.254 e. The first kappa shape index (κ1) is 17.9. The highest BCUT2D eigenvalue weighted by atomic mass is 32.2. The highest BCUT2D eigenvalue weighted by molar-refractivity contribution is 7.90. The van der Waals surface area contributed by atoms with Crippen LogP contribution in [0.1, 0.15) is 28.9 Å². The minimum absolute atomic E-state index is 0.235. The van der Waals surface area contributed by atoms with Crippen LogP contribution in [0.3, 0.4) is 0 Å². The van der Waals surface area contributed by atoms with Gasteiger partial charge in [0.2, 0.25) is 0 Å². The Morgan fingerprint density at radius 3 is 2.25 bits per heavy atom. The average molecular weight is 348 g/mol. The Bertz CT molecular complexity index is 914. The van der Waals surface area contributed by atoms with Crippen molar-refractivity contribution in [2.24, 2.45) is 7.05 Å². The molecule has 0 aliphatic heterocycles. The van der Waals surface area contributed by atoms with Crippen molar-refractivity contribution in [1.82, 2.24) is 9.47 Å². The number of carbonyl (C=O) groups excluding carboxylic acids is 1. The second-order valence-electron chi connectivity index (χ2n) is 5.80. The Kier molecular flexibility index (Phi) is 4.94. The summed E-state index contributed by atoms with van der Waals surface area (Å²) in [6.45, 7) is 1.84. The summed E-state index contributed by atoms with van der Waals surface area (Å²) in [7, 11) is 0.0138. The van der Waals surface area contributed by atoms with Crippen molar-refractivity contribution in [2.75, 3.05) is 13.3 Å². The number of hydrogen-bond donors (Lipinski definition) is 0. The van der Waals surface area contributed by atoms with Gasteiger partial charge in [0.05, 0.1) is 10.9 Å². The summed E-state index contributed by atoms with van der Waals surface area (Å²) in [5.41, 5.74) is 0.877. The highest BCUT2D eigenvalue weighted by Gasteiger charge is 2.20. The van der Waals surface area contributed by atoms with Gasteiger partial charge in [0.1, 0.15) is 0 Å². The number of hydrogen-bond acceptors (Lipinski definition) is 4. The van der Waals surface area contributed by atoms with Crippen molar-refractivity contribution in [3.63, 3.8) is 0 Å². The molecule has 7 heteroatoms. The van der Waals surface area contributed by atoms with Crippen molar-refractivity contribution in [1.29, 1.82) is 0 Å². The van der Waals surface area contributed by atoms with Gasteiger partial charge in [-0.1, -0.05) is 12.1 Å². The zero-order valence-corrected chi connectivity index (χ0v) is 14.9. The molecule has 0 fully saturated rings. The third-order valence-electron chi connectivity index (χ3n) is 4.04. The first-order chi connectivity index (χ1) is 11.1. The number of amides is 1. The van der Waals surface area contributed by atoms with Gasteiger partial charge in [-0.05, 0) is 30.7 Å². The van der Waals surface area contributed by atoms with E-state index < -0.39 is 9.84 Å². The number of rotatable bonds is 4. The molecule has 0 saturated heterocycles. The highest BCUT2D eigenvalue weighted by Crippen LogP contribution is 2.22. The molecule has 0 unspecified atom stereocenters. The lowest BCUT2D eigenvalue weighted by atomic mass is 10.1. The maximum absolute atomic E-state index is 12.5. The predicted octanol–water partition coefficient (Wildman–Crippen LogP) is 1.62. The number of sulfone groups is 1. The first-order valence-corrected chi connectivity index (χ1v) is 9.24. The molecule has 0 spiro atoms. The van der Waals surface area contributed by atoms with Crippen molar-refractivity contribution in [3.05, 3.63) is 64.1 Å². The van der Waals surface area contributed by atoms with E-state index in [-0.39, 0.29) is 22.4 Å². The Balaban J connectivity index is 2.25. The van der Waals surface area contributed by atoms with E-state index in [1.165, 1.54) is 27.7 Å². The standard InChI is InChI=1S/C17H20N2O4S/c1-12(13-5-7-15(8-6-13)24(4,22)23)19(3)17(21)14-9-10-18(2)16(20)11-14/h5-12H,1-4H3/t12-/m1/s1. The average Bonchev–Trinajstić information content (AvgIpc) is 2.54. The summed E-state index contributed by atoms with van der Waals surface area (Å²) in [6.07, 6.45) is 2.70. The quantitative estimate of drug-likeness (QED) is 0.841. The molecule has 1 aromatic carbocycles. The molecule has 2 aromatic rings. The molecular weight excluding hydrogens is 328 g/mol. The van der Waals surface area contributed by atoms with E-state index in [1.54, 1.807) is 38.5 Å². The lowest BCUT2D eigenvalue weighted by Crippen LogP contribution is -2.31. The van der Waals surface area contributed by atoms with E-state index in [4.69, 9.17) is 0 Å². The minimum Gasteiger partial charge on any atom is -0.335 e. The molecule has 128 valence electrons. The van der Waals surface area contributed by atoms with E-state index >= 15 is 0 Å². The summed E-state index contributed by atoms with van der Waals surface area (Å²) < 4.78 is 24.4. The molecular formula is C17H20N2O4S. The van der Waals surface area contributed by atoms with Crippen molar-refractivity contribution >= 4 is 15.7 Å². The molecule has 1 atom stereocenters. The molecule has 6 nitrogen and oxygen atoms in total. The normalized spacial score (nSPS) is 12.7. The molecule has 0 bridgehead atoms. The summed E-state index contributed by atoms with van der Waals surface area (Å²) in [6, 6.07) is 9.06. The molecule has 0 saturated carbocycles. The molecule has 2 rings (SSSR count). The zero-order chi connectivity index (χ0) is 18.1. The van der Waals surface area contributed by atoms with Gasteiger partial charge in [-0.2, -0.15) is 0 Å². The van der Waals surface area contributed by atoms with Gasteiger partial charge in [-0.25, -0.2) is 8.42 Å². The molecule has 24 heavy (non-hydrogen) atoms. The second-order valence-corrected chi connectivity index (χ2v) is 7.81. The molecule has 1 heterocycles. The fourth-order valence-corrected chi connectivity index (χ4v) is 2.91. The number of benzene rings is 1. The van der Waals surface area contributed by atoms with Crippen molar-refractivity contribution in [3.8, 4) is 0 Å². The topological polar surface area (TPSA) is 76.5 Å². The van der Waals surface area contributed by atoms with Gasteiger partial charge < -0.3 is 9.47 Å². The molecule has 1 amide bonds. The van der Waals surface area contributed by atoms with Crippen LogP contribution in [0.2, 0.25) is 0 Å². The maximum atomic E-state index is 12.5. The second kappa shape index (κ2) is 6.60. The largest absolute Gasteiger partial charge is 0.335 e. The lowest BCUT2D eigenvalue weighted by Gasteiger charge is -2.25. The third-order valence-corrected chi connectivity index (χ3v) is 5.17. The summed E-state index contributed by atoms with van der Waals surface area (Å²) in [5, 5.41) is 0. The van der Waals surface area contributed by atoms with Gasteiger partial charge >= 0.3 is 0 Å². The van der Waals surface area contributed by atoms with Crippen LogP contribution in [0.5, 0.6) is 0 Å². The molecule has 1 aromatic heterocycles. The Hall–Kier alpha value is -2.41. The fourth-order valence-electron chi connectivity index (χ4n) is 2.28. The number of carbonyl (C=O) groups is 1. The third kappa shape index (κ3) is 3.73. The van der Waals surface area contributed by atoms with E-state index in [0.717, 1.165) is 11.8 Å². The van der Waals surface area contributed by atoms with Gasteiger partial charge in [0, 0.05) is 38.2 Å². The van der Waals surface area contributed by atoms with E-state index in [2.05, 4.69) is 0 Å². The monoisotopic (exact) mass is 348 g/mol. The fraction of sp³-hybridized carbons (Fsp3) is 0.294. The van der Waals surface area contributed by atoms with Crippen LogP contribution < -0.4 is 5.56 Å². The Labute approximate surface area is 141 Å². The lowest BCUT2D eigenvalue weighted by molar-refractivity contribution is 0.0742. The number of aromatic nitrogens is 1. The minimum atomic E-state index is -3.25. The SMILES string of the molecule is C[C@H](c1ccc(S(C)(=O)=O)cc1)N(C)C(=O)c1ccn(C)c(=O)c1. The van der Waals surface area contributed by atoms with Crippen molar-refractivity contribution < 1.29 is 13.2 Å². The molecule has 0 aliphatic carbocycles. The van der Waals surface area contributed by atoms with Crippen LogP contribution in [-0.4, -0.2) is 37.1 Å². The maximum Gasteiger partial charge on any atom is 0.254 e. The first-order valence-electron chi connectivity index (χ1n) is 7.35. The van der Waals surface area contributed by atoms with Crippen LogP contribution in [0.15, 0.2) is 52.3 Å². The predicted molar refractivity (Wildman–Crippen MR) is 91.7 cm³/mol. The number of nitrogens with zero attached hydrogens (tertiary/aromatic N) is 2. The Morgan fingerprint density at radius 1 is 1.17 bits per heavy atom. The molecule has 0 N–H and O–H groups in total. The summed E-state index contributed by atoms with van der Waals surface area (Å²) >= 11 is 0. The van der Waals surface area contributed by atoms with Gasteiger partial charge in [-0.3, -0.25) is 9.59 Å². The summed E-state index contributed by atoms with van der Waals surface area (Å²) in [4.78, 5) is 26.0. The Morgan fingerprint density at radius 2 is 1.75 bits per heavy atom. The molecule has 0 aliphatic rings. The van der Waals surface area contributed by atoms with Gasteiger partial charge in [0.25, 0.3) is 11.5 Å². The van der Waals surface area contributed by atoms with Crippen LogP contribution in [-0.2, 0) is 16.9 Å². The van der Waals surface area contributed by atoms with E-state index in [0.29, 0.717) is 5.56 Å². The van der Waals surface area contributed by atoms with Crippen LogP contribution in [0, 0.1) is 0 Å². The van der Waals surface area contributed by atoms with Crippen LogP contribution >= 0.6 is 0 Å². The van der Waals surface area contributed by atoms with Crippen molar-refractivity contribution in [2.45, 2.75) is 17.9 Å². The number of aryl methyl sites for hydroxylation is 1. The van der Waals surface area contributed by atoms with Crippen LogP contribution in [0.4, 0.5) is 0 Å². The van der Waals surface area contributed by atoms with Gasteiger partial charge in [0.15, 0.2) is 9.84 Å². The molecule has 0 radical (unpaired) electrons. The van der Waals surface area contributed by atoms with E-state index in [1.807, 2.05) is 6.92 Å². The van der Waals surface area contributed by atoms with Crippen LogP contribution in [0.25, 0.3) is 0 Å². The zero-order valence-electron chi connectivity index (χ0n) is 14.1. The van der Waals surface area contributed by atoms with Gasteiger partial charge in [-0.15, -0.1) is 0 Å². The number of pyridine rings is 1. The van der Waals surface area contributed by atoms with E-state index in [9.17, 15) is 18.0 Å².